The highest BCUT2D eigenvalue weighted by atomic mass is 35.5. The summed E-state index contributed by atoms with van der Waals surface area (Å²) in [6, 6.07) is 15.0. The van der Waals surface area contributed by atoms with Crippen LogP contribution in [0.2, 0.25) is 10.0 Å². The Morgan fingerprint density at radius 1 is 1.08 bits per heavy atom. The molecule has 3 aromatic carbocycles. The molecule has 0 bridgehead atoms. The lowest BCUT2D eigenvalue weighted by atomic mass is 10.1. The van der Waals surface area contributed by atoms with Crippen LogP contribution in [0.15, 0.2) is 59.0 Å². The zero-order valence-corrected chi connectivity index (χ0v) is 20.4. The molecule has 0 radical (unpaired) electrons. The quantitative estimate of drug-likeness (QED) is 0.252. The van der Waals surface area contributed by atoms with Gasteiger partial charge in [-0.1, -0.05) is 35.3 Å². The van der Waals surface area contributed by atoms with Gasteiger partial charge in [-0.2, -0.15) is 0 Å². The van der Waals surface area contributed by atoms with E-state index < -0.39 is 10.8 Å². The van der Waals surface area contributed by atoms with Crippen LogP contribution in [0, 0.1) is 10.1 Å². The van der Waals surface area contributed by atoms with Crippen molar-refractivity contribution in [3.05, 3.63) is 91.8 Å². The fraction of sp³-hybridized carbons (Fsp3) is 0.200. The summed E-state index contributed by atoms with van der Waals surface area (Å²) >= 11 is 12.2. The Bertz CT molecular complexity index is 1450. The smallest absolute Gasteiger partial charge is 0.293 e. The zero-order valence-electron chi connectivity index (χ0n) is 18.9. The number of nitro groups is 1. The van der Waals surface area contributed by atoms with Crippen LogP contribution >= 0.6 is 23.2 Å². The van der Waals surface area contributed by atoms with E-state index in [1.165, 1.54) is 6.07 Å². The Hall–Kier alpha value is -3.66. The number of fused-ring (bicyclic) bond motifs is 1. The molecule has 0 saturated carbocycles. The standard InChI is InChI=1S/C25H20Cl2N4O5/c26-17-13-19(27)24-20(14-17)29-23(36-24)11-15-1-4-18(5-2-15)28-25(32)16-3-6-21(22(12-16)31(33)34)30-7-9-35-10-8-30/h1-6,12-14H,7-11H2,(H,28,32). The van der Waals surface area contributed by atoms with Gasteiger partial charge >= 0.3 is 0 Å². The van der Waals surface area contributed by atoms with Gasteiger partial charge in [-0.25, -0.2) is 4.98 Å². The maximum absolute atomic E-state index is 12.8. The predicted octanol–water partition coefficient (Wildman–Crippen LogP) is 5.72. The molecule has 5 rings (SSSR count). The first-order chi connectivity index (χ1) is 17.4. The minimum Gasteiger partial charge on any atom is -0.439 e. The van der Waals surface area contributed by atoms with E-state index in [2.05, 4.69) is 10.3 Å². The molecule has 0 atom stereocenters. The minimum absolute atomic E-state index is 0.111. The number of aromatic nitrogens is 1. The third-order valence-electron chi connectivity index (χ3n) is 5.81. The van der Waals surface area contributed by atoms with Crippen LogP contribution < -0.4 is 10.2 Å². The third-order valence-corrected chi connectivity index (χ3v) is 6.31. The summed E-state index contributed by atoms with van der Waals surface area (Å²) in [5.74, 6) is 0.0449. The molecule has 9 nitrogen and oxygen atoms in total. The summed E-state index contributed by atoms with van der Waals surface area (Å²) in [7, 11) is 0. The van der Waals surface area contributed by atoms with Gasteiger partial charge in [-0.15, -0.1) is 0 Å². The number of amides is 1. The SMILES string of the molecule is O=C(Nc1ccc(Cc2nc3cc(Cl)cc(Cl)c3o2)cc1)c1ccc(N2CCOCC2)c([N+](=O)[O-])c1. The van der Waals surface area contributed by atoms with E-state index in [1.807, 2.05) is 17.0 Å². The van der Waals surface area contributed by atoms with Gasteiger partial charge in [0.15, 0.2) is 11.5 Å². The summed E-state index contributed by atoms with van der Waals surface area (Å²) in [6.07, 6.45) is 0.423. The highest BCUT2D eigenvalue weighted by Crippen LogP contribution is 2.31. The van der Waals surface area contributed by atoms with Gasteiger partial charge in [-0.05, 0) is 42.0 Å². The lowest BCUT2D eigenvalue weighted by Gasteiger charge is -2.28. The molecule has 1 aliphatic heterocycles. The van der Waals surface area contributed by atoms with Crippen molar-refractivity contribution in [3.8, 4) is 0 Å². The molecule has 0 aliphatic carbocycles. The van der Waals surface area contributed by atoms with Crippen molar-refractivity contribution >= 4 is 57.3 Å². The number of ether oxygens (including phenoxy) is 1. The van der Waals surface area contributed by atoms with Crippen molar-refractivity contribution in [2.75, 3.05) is 36.5 Å². The van der Waals surface area contributed by atoms with Gasteiger partial charge in [-0.3, -0.25) is 14.9 Å². The molecular formula is C25H20Cl2N4O5. The van der Waals surface area contributed by atoms with Crippen LogP contribution in [0.1, 0.15) is 21.8 Å². The van der Waals surface area contributed by atoms with E-state index >= 15 is 0 Å². The van der Waals surface area contributed by atoms with Gasteiger partial charge in [0.05, 0.1) is 23.2 Å². The molecule has 11 heteroatoms. The van der Waals surface area contributed by atoms with Gasteiger partial charge < -0.3 is 19.4 Å². The number of anilines is 2. The van der Waals surface area contributed by atoms with Crippen LogP contribution in [0.3, 0.4) is 0 Å². The number of nitrogens with zero attached hydrogens (tertiary/aromatic N) is 3. The maximum Gasteiger partial charge on any atom is 0.293 e. The largest absolute Gasteiger partial charge is 0.439 e. The molecule has 4 aromatic rings. The number of carbonyl (C=O) groups excluding carboxylic acids is 1. The molecule has 1 amide bonds. The van der Waals surface area contributed by atoms with Gasteiger partial charge in [0.2, 0.25) is 0 Å². The topological polar surface area (TPSA) is 111 Å². The molecule has 1 N–H and O–H groups in total. The van der Waals surface area contributed by atoms with Crippen molar-refractivity contribution < 1.29 is 18.9 Å². The molecule has 1 fully saturated rings. The van der Waals surface area contributed by atoms with Gasteiger partial charge in [0.1, 0.15) is 11.2 Å². The van der Waals surface area contributed by atoms with Crippen molar-refractivity contribution in [3.63, 3.8) is 0 Å². The lowest BCUT2D eigenvalue weighted by molar-refractivity contribution is -0.384. The maximum atomic E-state index is 12.8. The van der Waals surface area contributed by atoms with Crippen molar-refractivity contribution in [1.29, 1.82) is 0 Å². The van der Waals surface area contributed by atoms with Crippen molar-refractivity contribution in [1.82, 2.24) is 4.98 Å². The second kappa shape index (κ2) is 10.1. The Morgan fingerprint density at radius 2 is 1.83 bits per heavy atom. The highest BCUT2D eigenvalue weighted by molar-refractivity contribution is 6.37. The van der Waals surface area contributed by atoms with Crippen LogP contribution in [0.25, 0.3) is 11.1 Å². The van der Waals surface area contributed by atoms with E-state index in [0.29, 0.717) is 71.1 Å². The number of hydrogen-bond acceptors (Lipinski definition) is 7. The van der Waals surface area contributed by atoms with Crippen LogP contribution in [0.4, 0.5) is 17.1 Å². The van der Waals surface area contributed by atoms with Crippen LogP contribution in [0.5, 0.6) is 0 Å². The Balaban J connectivity index is 1.28. The van der Waals surface area contributed by atoms with E-state index in [-0.39, 0.29) is 11.3 Å². The normalized spacial score (nSPS) is 13.7. The second-order valence-corrected chi connectivity index (χ2v) is 9.07. The van der Waals surface area contributed by atoms with E-state index in [9.17, 15) is 14.9 Å². The fourth-order valence-electron chi connectivity index (χ4n) is 4.05. The summed E-state index contributed by atoms with van der Waals surface area (Å²) in [4.78, 5) is 30.3. The monoisotopic (exact) mass is 526 g/mol. The molecule has 1 aliphatic rings. The minimum atomic E-state index is -0.469. The molecular weight excluding hydrogens is 507 g/mol. The number of hydrogen-bond donors (Lipinski definition) is 1. The van der Waals surface area contributed by atoms with Crippen LogP contribution in [-0.4, -0.2) is 42.1 Å². The summed E-state index contributed by atoms with van der Waals surface area (Å²) in [5.41, 5.74) is 3.09. The summed E-state index contributed by atoms with van der Waals surface area (Å²) in [5, 5.41) is 15.3. The van der Waals surface area contributed by atoms with E-state index in [4.69, 9.17) is 32.4 Å². The molecule has 0 unspecified atom stereocenters. The number of carbonyl (C=O) groups is 1. The average molecular weight is 527 g/mol. The molecule has 184 valence electrons. The van der Waals surface area contributed by atoms with Crippen LogP contribution in [-0.2, 0) is 11.2 Å². The first-order valence-corrected chi connectivity index (χ1v) is 11.9. The first-order valence-electron chi connectivity index (χ1n) is 11.1. The van der Waals surface area contributed by atoms with E-state index in [0.717, 1.165) is 5.56 Å². The lowest BCUT2D eigenvalue weighted by Crippen LogP contribution is -2.36. The Labute approximate surface area is 215 Å². The molecule has 0 spiro atoms. The molecule has 1 saturated heterocycles. The number of halogens is 2. The molecule has 36 heavy (non-hydrogen) atoms. The summed E-state index contributed by atoms with van der Waals surface area (Å²) in [6.45, 7) is 2.12. The summed E-state index contributed by atoms with van der Waals surface area (Å²) < 4.78 is 11.1. The first kappa shape index (κ1) is 24.1. The Morgan fingerprint density at radius 3 is 2.56 bits per heavy atom. The highest BCUT2D eigenvalue weighted by Gasteiger charge is 2.23. The number of nitro benzene ring substituents is 1. The average Bonchev–Trinajstić information content (AvgIpc) is 3.28. The number of morpholine rings is 1. The van der Waals surface area contributed by atoms with E-state index in [1.54, 1.807) is 36.4 Å². The van der Waals surface area contributed by atoms with Gasteiger partial charge in [0, 0.05) is 41.9 Å². The molecule has 1 aromatic heterocycles. The number of rotatable bonds is 6. The number of oxazole rings is 1. The Kier molecular flexibility index (Phi) is 6.77. The number of nitrogens with one attached hydrogen (secondary N) is 1. The molecule has 2 heterocycles. The van der Waals surface area contributed by atoms with Gasteiger partial charge in [0.25, 0.3) is 11.6 Å². The third kappa shape index (κ3) is 5.13. The fourth-order valence-corrected chi connectivity index (χ4v) is 4.57. The number of benzene rings is 3. The van der Waals surface area contributed by atoms with Crippen molar-refractivity contribution in [2.24, 2.45) is 0 Å². The van der Waals surface area contributed by atoms with Crippen molar-refractivity contribution in [2.45, 2.75) is 6.42 Å². The zero-order chi connectivity index (χ0) is 25.2. The second-order valence-electron chi connectivity index (χ2n) is 8.23. The predicted molar refractivity (Wildman–Crippen MR) is 137 cm³/mol.